The number of nitrogens with zero attached hydrogens (tertiary/aromatic N) is 2. The normalized spacial score (nSPS) is 12.9. The molecule has 0 saturated carbocycles. The van der Waals surface area contributed by atoms with Crippen molar-refractivity contribution in [3.05, 3.63) is 40.4 Å². The van der Waals surface area contributed by atoms with Gasteiger partial charge >= 0.3 is 0 Å². The van der Waals surface area contributed by atoms with E-state index in [0.29, 0.717) is 5.39 Å². The highest BCUT2D eigenvalue weighted by atomic mass is 16.1. The van der Waals surface area contributed by atoms with Crippen LogP contribution in [0.5, 0.6) is 0 Å². The first-order chi connectivity index (χ1) is 7.63. The van der Waals surface area contributed by atoms with E-state index in [2.05, 4.69) is 10.3 Å². The van der Waals surface area contributed by atoms with Crippen LogP contribution in [0.4, 0.5) is 0 Å². The van der Waals surface area contributed by atoms with Crippen molar-refractivity contribution in [2.24, 2.45) is 0 Å². The van der Waals surface area contributed by atoms with Gasteiger partial charge in [-0.2, -0.15) is 0 Å². The first-order valence-electron chi connectivity index (χ1n) is 5.28. The highest BCUT2D eigenvalue weighted by Crippen LogP contribution is 2.09. The molecule has 1 atom stereocenters. The number of hydrogen-bond acceptors (Lipinski definition) is 3. The van der Waals surface area contributed by atoms with Crippen molar-refractivity contribution < 1.29 is 0 Å². The fourth-order valence-electron chi connectivity index (χ4n) is 1.66. The van der Waals surface area contributed by atoms with Gasteiger partial charge in [0.15, 0.2) is 0 Å². The first kappa shape index (κ1) is 10.8. The van der Waals surface area contributed by atoms with E-state index >= 15 is 0 Å². The number of benzene rings is 1. The minimum Gasteiger partial charge on any atom is -0.300 e. The average Bonchev–Trinajstić information content (AvgIpc) is 2.29. The molecule has 0 amide bonds. The minimum absolute atomic E-state index is 0.00412. The Morgan fingerprint density at radius 2 is 2.19 bits per heavy atom. The van der Waals surface area contributed by atoms with Crippen molar-refractivity contribution in [2.75, 3.05) is 7.05 Å². The highest BCUT2D eigenvalue weighted by molar-refractivity contribution is 5.77. The summed E-state index contributed by atoms with van der Waals surface area (Å²) in [6.45, 7) is 3.89. The van der Waals surface area contributed by atoms with Crippen molar-refractivity contribution >= 4 is 10.9 Å². The zero-order chi connectivity index (χ0) is 11.7. The predicted octanol–water partition coefficient (Wildman–Crippen LogP) is 1.44. The van der Waals surface area contributed by atoms with Crippen LogP contribution in [-0.4, -0.2) is 16.6 Å². The lowest BCUT2D eigenvalue weighted by Gasteiger charge is -2.13. The summed E-state index contributed by atoms with van der Waals surface area (Å²) in [5, 5.41) is 3.70. The van der Waals surface area contributed by atoms with Crippen molar-refractivity contribution in [2.45, 2.75) is 20.0 Å². The molecule has 0 aliphatic heterocycles. The van der Waals surface area contributed by atoms with Gasteiger partial charge < -0.3 is 5.32 Å². The molecule has 16 heavy (non-hydrogen) atoms. The molecular formula is C12H15N3O. The maximum absolute atomic E-state index is 12.2. The zero-order valence-corrected chi connectivity index (χ0v) is 9.69. The van der Waals surface area contributed by atoms with E-state index in [1.807, 2.05) is 39.1 Å². The molecule has 0 bridgehead atoms. The Bertz CT molecular complexity index is 574. The summed E-state index contributed by atoms with van der Waals surface area (Å²) < 4.78 is 1.60. The number of nitrogens with one attached hydrogen (secondary N) is 1. The van der Waals surface area contributed by atoms with Crippen LogP contribution in [0.15, 0.2) is 29.3 Å². The molecule has 1 aromatic heterocycles. The average molecular weight is 217 g/mol. The molecule has 2 aromatic rings. The molecule has 0 spiro atoms. The number of aryl methyl sites for hydroxylation is 1. The molecule has 0 fully saturated rings. The summed E-state index contributed by atoms with van der Waals surface area (Å²) in [5.74, 6) is 0. The fraction of sp³-hybridized carbons (Fsp3) is 0.333. The van der Waals surface area contributed by atoms with E-state index in [1.54, 1.807) is 10.9 Å². The van der Waals surface area contributed by atoms with Crippen LogP contribution < -0.4 is 10.9 Å². The smallest absolute Gasteiger partial charge is 0.262 e. The molecule has 84 valence electrons. The second kappa shape index (κ2) is 4.06. The Labute approximate surface area is 93.9 Å². The standard InChI is InChI=1S/C12H15N3O/c1-8-4-5-11-10(6-8)12(16)15(7-14-11)9(2)13-3/h4-7,9,13H,1-3H3. The summed E-state index contributed by atoms with van der Waals surface area (Å²) in [7, 11) is 1.82. The Kier molecular flexibility index (Phi) is 2.75. The van der Waals surface area contributed by atoms with Gasteiger partial charge in [-0.3, -0.25) is 9.36 Å². The molecule has 4 heteroatoms. The van der Waals surface area contributed by atoms with Crippen LogP contribution in [0.1, 0.15) is 18.7 Å². The maximum atomic E-state index is 12.2. The lowest BCUT2D eigenvalue weighted by Crippen LogP contribution is -2.30. The van der Waals surface area contributed by atoms with Gasteiger partial charge in [0.2, 0.25) is 0 Å². The molecule has 1 N–H and O–H groups in total. The first-order valence-corrected chi connectivity index (χ1v) is 5.28. The summed E-state index contributed by atoms with van der Waals surface area (Å²) >= 11 is 0. The number of aromatic nitrogens is 2. The summed E-state index contributed by atoms with van der Waals surface area (Å²) in [6.07, 6.45) is 1.53. The predicted molar refractivity (Wildman–Crippen MR) is 64.5 cm³/mol. The van der Waals surface area contributed by atoms with Gasteiger partial charge in [0.05, 0.1) is 23.4 Å². The van der Waals surface area contributed by atoms with E-state index in [9.17, 15) is 4.79 Å². The monoisotopic (exact) mass is 217 g/mol. The topological polar surface area (TPSA) is 46.9 Å². The third-order valence-corrected chi connectivity index (χ3v) is 2.77. The molecule has 4 nitrogen and oxygen atoms in total. The van der Waals surface area contributed by atoms with E-state index < -0.39 is 0 Å². The Morgan fingerprint density at radius 1 is 1.44 bits per heavy atom. The van der Waals surface area contributed by atoms with E-state index in [1.165, 1.54) is 0 Å². The second-order valence-electron chi connectivity index (χ2n) is 3.94. The summed E-state index contributed by atoms with van der Waals surface area (Å²) in [5.41, 5.74) is 1.81. The Balaban J connectivity index is 2.73. The third kappa shape index (κ3) is 1.72. The molecule has 0 aliphatic carbocycles. The maximum Gasteiger partial charge on any atom is 0.262 e. The van der Waals surface area contributed by atoms with Crippen LogP contribution in [0.25, 0.3) is 10.9 Å². The fourth-order valence-corrected chi connectivity index (χ4v) is 1.66. The largest absolute Gasteiger partial charge is 0.300 e. The zero-order valence-electron chi connectivity index (χ0n) is 9.69. The van der Waals surface area contributed by atoms with Crippen LogP contribution >= 0.6 is 0 Å². The number of fused-ring (bicyclic) bond motifs is 1. The van der Waals surface area contributed by atoms with Gasteiger partial charge in [0.25, 0.3) is 5.56 Å². The lowest BCUT2D eigenvalue weighted by molar-refractivity contribution is 0.460. The highest BCUT2D eigenvalue weighted by Gasteiger charge is 2.07. The minimum atomic E-state index is -0.0510. The number of hydrogen-bond donors (Lipinski definition) is 1. The van der Waals surface area contributed by atoms with Crippen LogP contribution in [0.2, 0.25) is 0 Å². The molecule has 1 unspecified atom stereocenters. The second-order valence-corrected chi connectivity index (χ2v) is 3.94. The molecule has 1 heterocycles. The molecule has 0 saturated heterocycles. The van der Waals surface area contributed by atoms with Crippen molar-refractivity contribution in [1.29, 1.82) is 0 Å². The van der Waals surface area contributed by atoms with Crippen molar-refractivity contribution in [3.8, 4) is 0 Å². The van der Waals surface area contributed by atoms with E-state index in [0.717, 1.165) is 11.1 Å². The van der Waals surface area contributed by atoms with Gasteiger partial charge in [0, 0.05) is 0 Å². The summed E-state index contributed by atoms with van der Waals surface area (Å²) in [4.78, 5) is 16.4. The molecule has 2 rings (SSSR count). The van der Waals surface area contributed by atoms with Crippen molar-refractivity contribution in [3.63, 3.8) is 0 Å². The molecule has 1 aromatic carbocycles. The van der Waals surface area contributed by atoms with Gasteiger partial charge in [-0.05, 0) is 33.0 Å². The lowest BCUT2D eigenvalue weighted by atomic mass is 10.2. The third-order valence-electron chi connectivity index (χ3n) is 2.77. The SMILES string of the molecule is CNC(C)n1cnc2ccc(C)cc2c1=O. The van der Waals surface area contributed by atoms with Gasteiger partial charge in [-0.25, -0.2) is 4.98 Å². The Morgan fingerprint density at radius 3 is 2.88 bits per heavy atom. The molecule has 0 aliphatic rings. The summed E-state index contributed by atoms with van der Waals surface area (Å²) in [6, 6.07) is 5.71. The van der Waals surface area contributed by atoms with Gasteiger partial charge in [0.1, 0.15) is 0 Å². The van der Waals surface area contributed by atoms with Gasteiger partial charge in [-0.1, -0.05) is 11.6 Å². The Hall–Kier alpha value is -1.68. The molecular weight excluding hydrogens is 202 g/mol. The van der Waals surface area contributed by atoms with Crippen molar-refractivity contribution in [1.82, 2.24) is 14.9 Å². The van der Waals surface area contributed by atoms with Crippen LogP contribution in [0.3, 0.4) is 0 Å². The quantitative estimate of drug-likeness (QED) is 0.828. The number of rotatable bonds is 2. The molecule has 0 radical (unpaired) electrons. The van der Waals surface area contributed by atoms with Gasteiger partial charge in [-0.15, -0.1) is 0 Å². The van der Waals surface area contributed by atoms with E-state index in [-0.39, 0.29) is 11.7 Å². The van der Waals surface area contributed by atoms with Crippen LogP contribution in [-0.2, 0) is 0 Å². The van der Waals surface area contributed by atoms with Crippen LogP contribution in [0, 0.1) is 6.92 Å². The van der Waals surface area contributed by atoms with E-state index in [4.69, 9.17) is 0 Å².